The second-order valence-electron chi connectivity index (χ2n) is 17.8. The maximum atomic E-state index is 14.0. The largest absolute Gasteiger partial charge is 0.481 e. The molecule has 0 bridgehead atoms. The van der Waals surface area contributed by atoms with Gasteiger partial charge >= 0.3 is 5.97 Å². The number of rotatable bonds is 30. The van der Waals surface area contributed by atoms with Crippen molar-refractivity contribution in [2.24, 2.45) is 29.0 Å². The Hall–Kier alpha value is -7.41. The van der Waals surface area contributed by atoms with Gasteiger partial charge in [-0.15, -0.1) is 0 Å². The Balaban J connectivity index is 1.74. The van der Waals surface area contributed by atoms with Crippen molar-refractivity contribution in [1.29, 1.82) is 0 Å². The van der Waals surface area contributed by atoms with E-state index in [-0.39, 0.29) is 44.4 Å². The Morgan fingerprint density at radius 1 is 0.700 bits per heavy atom. The van der Waals surface area contributed by atoms with E-state index >= 15 is 0 Å². The number of aliphatic carboxylic acids is 1. The number of carboxylic acids is 1. The zero-order valence-corrected chi connectivity index (χ0v) is 39.8. The lowest BCUT2D eigenvalue weighted by Crippen LogP contribution is -2.59. The standard InChI is InChI=1S/C45H67N13O12/c1-22(2)14-31(34(59)17-36(48)61)56-44(69)33(16-26-19-49-21-52-26)54-37(62)20-51-45(70)39(23(3)4)58-40(65)24(5)53-43(68)32(15-25-18-50-29-9-7-6-8-27(25)29)57-42(67)30(11-12-35(47)60)55-41(66)28(46)10-13-38(63)64/h6-9,18-19,21-24,28,30-34,39,50,59H,10-17,20,46H2,1-5H3,(H2,47,60)(H2,48,61)(H,49,52)(H,51,70)(H,53,68)(H,54,62)(H,55,66)(H,56,69)(H,57,67)(H,58,65)(H,63,64)/t24-,28-,30-,31?,32-,33-,34?,39-/m0/s1. The van der Waals surface area contributed by atoms with Crippen molar-refractivity contribution in [2.45, 2.75) is 134 Å². The van der Waals surface area contributed by atoms with E-state index < -0.39 is 133 Å². The fourth-order valence-corrected chi connectivity index (χ4v) is 7.24. The minimum Gasteiger partial charge on any atom is -0.481 e. The smallest absolute Gasteiger partial charge is 0.303 e. The van der Waals surface area contributed by atoms with Crippen LogP contribution in [-0.2, 0) is 60.8 Å². The number of hydrogen-bond donors (Lipinski definition) is 14. The van der Waals surface area contributed by atoms with Crippen molar-refractivity contribution < 1.29 is 58.2 Å². The molecule has 0 spiro atoms. The molecule has 0 radical (unpaired) electrons. The Bertz CT molecular complexity index is 2300. The molecule has 25 nitrogen and oxygen atoms in total. The molecule has 0 saturated carbocycles. The number of nitrogens with one attached hydrogen (secondary N) is 9. The summed E-state index contributed by atoms with van der Waals surface area (Å²) in [7, 11) is 0. The minimum absolute atomic E-state index is 0.00826. The van der Waals surface area contributed by atoms with Gasteiger partial charge in [-0.05, 0) is 49.7 Å². The van der Waals surface area contributed by atoms with E-state index in [0.29, 0.717) is 16.6 Å². The van der Waals surface area contributed by atoms with Crippen molar-refractivity contribution >= 4 is 70.0 Å². The molecule has 384 valence electrons. The number of aliphatic hydroxyl groups excluding tert-OH is 1. The van der Waals surface area contributed by atoms with Crippen LogP contribution in [0.15, 0.2) is 43.0 Å². The van der Waals surface area contributed by atoms with E-state index in [4.69, 9.17) is 22.3 Å². The van der Waals surface area contributed by atoms with Crippen LogP contribution in [-0.4, -0.2) is 139 Å². The van der Waals surface area contributed by atoms with Crippen molar-refractivity contribution in [1.82, 2.24) is 52.2 Å². The molecule has 3 aromatic rings. The number of amides is 9. The van der Waals surface area contributed by atoms with E-state index in [1.165, 1.54) is 19.4 Å². The Morgan fingerprint density at radius 3 is 1.96 bits per heavy atom. The van der Waals surface area contributed by atoms with Crippen molar-refractivity contribution in [2.75, 3.05) is 6.54 Å². The van der Waals surface area contributed by atoms with Crippen molar-refractivity contribution in [3.05, 3.63) is 54.2 Å². The molecule has 25 heteroatoms. The summed E-state index contributed by atoms with van der Waals surface area (Å²) >= 11 is 0. The molecule has 70 heavy (non-hydrogen) atoms. The van der Waals surface area contributed by atoms with Gasteiger partial charge in [-0.2, -0.15) is 0 Å². The molecule has 0 aliphatic heterocycles. The zero-order chi connectivity index (χ0) is 52.2. The van der Waals surface area contributed by atoms with E-state index in [9.17, 15) is 53.1 Å². The number of nitrogens with zero attached hydrogens (tertiary/aromatic N) is 1. The zero-order valence-electron chi connectivity index (χ0n) is 39.8. The third-order valence-electron chi connectivity index (χ3n) is 11.0. The van der Waals surface area contributed by atoms with Gasteiger partial charge in [-0.25, -0.2) is 4.98 Å². The van der Waals surface area contributed by atoms with Crippen LogP contribution in [0.3, 0.4) is 0 Å². The van der Waals surface area contributed by atoms with Crippen LogP contribution < -0.4 is 54.4 Å². The highest BCUT2D eigenvalue weighted by Gasteiger charge is 2.33. The van der Waals surface area contributed by atoms with E-state index in [1.807, 2.05) is 13.8 Å². The summed E-state index contributed by atoms with van der Waals surface area (Å²) in [4.78, 5) is 139. The number of fused-ring (bicyclic) bond motifs is 1. The predicted molar refractivity (Wildman–Crippen MR) is 252 cm³/mol. The maximum absolute atomic E-state index is 14.0. The van der Waals surface area contributed by atoms with E-state index in [2.05, 4.69) is 52.2 Å². The maximum Gasteiger partial charge on any atom is 0.303 e. The van der Waals surface area contributed by atoms with Gasteiger partial charge in [0.05, 0.1) is 37.5 Å². The normalized spacial score (nSPS) is 14.7. The van der Waals surface area contributed by atoms with E-state index in [1.54, 1.807) is 44.3 Å². The number of H-pyrrole nitrogens is 2. The fraction of sp³-hybridized carbons (Fsp3) is 0.533. The Labute approximate surface area is 403 Å². The number of primary amides is 2. The molecule has 2 aromatic heterocycles. The van der Waals surface area contributed by atoms with Crippen LogP contribution in [0, 0.1) is 11.8 Å². The van der Waals surface area contributed by atoms with Gasteiger partial charge in [0, 0.05) is 54.7 Å². The molecule has 0 saturated heterocycles. The first-order valence-electron chi connectivity index (χ1n) is 22.8. The topological polar surface area (TPSA) is 418 Å². The van der Waals surface area contributed by atoms with Crippen LogP contribution in [0.5, 0.6) is 0 Å². The third kappa shape index (κ3) is 18.9. The van der Waals surface area contributed by atoms with Crippen LogP contribution in [0.4, 0.5) is 0 Å². The molecule has 17 N–H and O–H groups in total. The first-order valence-corrected chi connectivity index (χ1v) is 22.8. The molecule has 0 aliphatic carbocycles. The van der Waals surface area contributed by atoms with Gasteiger partial charge in [-0.3, -0.25) is 47.9 Å². The van der Waals surface area contributed by atoms with Gasteiger partial charge in [0.2, 0.25) is 53.2 Å². The fourth-order valence-electron chi connectivity index (χ4n) is 7.24. The number of aliphatic hydroxyl groups is 1. The molecule has 0 fully saturated rings. The second kappa shape index (κ2) is 27.6. The number of aromatic nitrogens is 3. The average molecular weight is 982 g/mol. The number of carbonyl (C=O) groups excluding carboxylic acids is 9. The summed E-state index contributed by atoms with van der Waals surface area (Å²) in [6, 6.07) is -1.73. The predicted octanol–water partition coefficient (Wildman–Crippen LogP) is -2.88. The molecular formula is C45H67N13O12. The summed E-state index contributed by atoms with van der Waals surface area (Å²) in [5.41, 5.74) is 18.2. The van der Waals surface area contributed by atoms with Gasteiger partial charge in [0.1, 0.15) is 30.2 Å². The molecule has 2 heterocycles. The van der Waals surface area contributed by atoms with E-state index in [0.717, 1.165) is 5.52 Å². The number of hydrogen-bond acceptors (Lipinski definition) is 13. The molecule has 3 rings (SSSR count). The van der Waals surface area contributed by atoms with Crippen molar-refractivity contribution in [3.8, 4) is 0 Å². The summed E-state index contributed by atoms with van der Waals surface area (Å²) in [5, 5.41) is 38.2. The van der Waals surface area contributed by atoms with Crippen LogP contribution in [0.1, 0.15) is 84.4 Å². The van der Waals surface area contributed by atoms with Gasteiger partial charge < -0.3 is 74.6 Å². The van der Waals surface area contributed by atoms with Gasteiger partial charge in [0.15, 0.2) is 0 Å². The molecule has 2 unspecified atom stereocenters. The molecule has 9 amide bonds. The lowest BCUT2D eigenvalue weighted by molar-refractivity contribution is -0.137. The lowest BCUT2D eigenvalue weighted by atomic mass is 9.96. The summed E-state index contributed by atoms with van der Waals surface area (Å²) in [5.74, 6) is -9.08. The van der Waals surface area contributed by atoms with Gasteiger partial charge in [-0.1, -0.05) is 45.9 Å². The summed E-state index contributed by atoms with van der Waals surface area (Å²) in [6.45, 7) is 7.65. The Kier molecular flexibility index (Phi) is 22.4. The quantitative estimate of drug-likeness (QED) is 0.0319. The van der Waals surface area contributed by atoms with Gasteiger partial charge in [0.25, 0.3) is 0 Å². The number of imidazole rings is 1. The SMILES string of the molecule is CC(C)CC(NC(=O)[C@H](Cc1cnc[nH]1)NC(=O)CNC(=O)[C@@H](NC(=O)[C@H](C)NC(=O)[C@H](Cc1c[nH]c2ccccc12)NC(=O)[C@H](CCC(N)=O)NC(=O)[C@@H](N)CCC(=O)O)C(C)C)C(O)CC(N)=O. The third-order valence-corrected chi connectivity index (χ3v) is 11.0. The molecule has 0 aliphatic rings. The molecule has 1 aromatic carbocycles. The number of benzene rings is 1. The summed E-state index contributed by atoms with van der Waals surface area (Å²) < 4.78 is 0. The summed E-state index contributed by atoms with van der Waals surface area (Å²) in [6.07, 6.45) is 1.47. The minimum atomic E-state index is -1.45. The number of nitrogens with two attached hydrogens (primary N) is 3. The number of aromatic amines is 2. The molecule has 8 atom stereocenters. The van der Waals surface area contributed by atoms with Crippen LogP contribution in [0.2, 0.25) is 0 Å². The highest BCUT2D eigenvalue weighted by molar-refractivity contribution is 5.97. The highest BCUT2D eigenvalue weighted by Crippen LogP contribution is 2.20. The second-order valence-corrected chi connectivity index (χ2v) is 17.8. The Morgan fingerprint density at radius 2 is 1.34 bits per heavy atom. The van der Waals surface area contributed by atoms with Crippen molar-refractivity contribution in [3.63, 3.8) is 0 Å². The number of carboxylic acid groups (broad SMARTS) is 1. The number of para-hydroxylation sites is 1. The first kappa shape index (κ1) is 56.9. The monoisotopic (exact) mass is 982 g/mol. The lowest BCUT2D eigenvalue weighted by Gasteiger charge is -2.28. The highest BCUT2D eigenvalue weighted by atomic mass is 16.4. The molecular weight excluding hydrogens is 915 g/mol. The average Bonchev–Trinajstić information content (AvgIpc) is 3.96. The first-order chi connectivity index (χ1) is 32.9. The van der Waals surface area contributed by atoms with Crippen LogP contribution >= 0.6 is 0 Å². The number of carbonyl (C=O) groups is 10. The van der Waals surface area contributed by atoms with Crippen LogP contribution in [0.25, 0.3) is 10.9 Å².